The molecule has 0 radical (unpaired) electrons. The molecule has 3 heteroatoms. The molecule has 1 atom stereocenters. The van der Waals surface area contributed by atoms with Gasteiger partial charge in [-0.25, -0.2) is 0 Å². The summed E-state index contributed by atoms with van der Waals surface area (Å²) in [5, 5.41) is 0. The lowest BCUT2D eigenvalue weighted by Gasteiger charge is -2.10. The summed E-state index contributed by atoms with van der Waals surface area (Å²) in [5.41, 5.74) is 9.33. The molecular formula is C15H18N2O. The Morgan fingerprint density at radius 2 is 1.89 bits per heavy atom. The van der Waals surface area contributed by atoms with Gasteiger partial charge in [0.1, 0.15) is 5.75 Å². The van der Waals surface area contributed by atoms with Gasteiger partial charge in [-0.2, -0.15) is 0 Å². The topological polar surface area (TPSA) is 48.1 Å². The molecular weight excluding hydrogens is 224 g/mol. The first kappa shape index (κ1) is 12.6. The zero-order valence-electron chi connectivity index (χ0n) is 10.8. The summed E-state index contributed by atoms with van der Waals surface area (Å²) in [5.74, 6) is 0.766. The van der Waals surface area contributed by atoms with Crippen molar-refractivity contribution in [2.45, 2.75) is 19.4 Å². The van der Waals surface area contributed by atoms with Crippen LogP contribution in [0.25, 0.3) is 11.1 Å². The van der Waals surface area contributed by atoms with E-state index in [2.05, 4.69) is 36.2 Å². The third-order valence-corrected chi connectivity index (χ3v) is 3.06. The molecule has 0 aliphatic carbocycles. The monoisotopic (exact) mass is 242 g/mol. The number of nitrogens with zero attached hydrogens (tertiary/aromatic N) is 1. The van der Waals surface area contributed by atoms with E-state index in [-0.39, 0.29) is 6.04 Å². The number of hydrogen-bond donors (Lipinski definition) is 1. The Morgan fingerprint density at radius 3 is 2.50 bits per heavy atom. The maximum Gasteiger partial charge on any atom is 0.137 e. The Kier molecular flexibility index (Phi) is 3.95. The largest absolute Gasteiger partial charge is 0.495 e. The van der Waals surface area contributed by atoms with E-state index in [0.717, 1.165) is 28.9 Å². The molecule has 1 aromatic carbocycles. The van der Waals surface area contributed by atoms with Gasteiger partial charge < -0.3 is 10.5 Å². The molecule has 3 nitrogen and oxygen atoms in total. The van der Waals surface area contributed by atoms with Gasteiger partial charge in [0.2, 0.25) is 0 Å². The summed E-state index contributed by atoms with van der Waals surface area (Å²) >= 11 is 0. The summed E-state index contributed by atoms with van der Waals surface area (Å²) in [7, 11) is 1.64. The lowest BCUT2D eigenvalue weighted by atomic mass is 10.0. The van der Waals surface area contributed by atoms with Gasteiger partial charge in [0.15, 0.2) is 0 Å². The van der Waals surface area contributed by atoms with Crippen molar-refractivity contribution in [2.24, 2.45) is 5.73 Å². The Hall–Kier alpha value is -1.87. The predicted octanol–water partition coefficient (Wildman–Crippen LogP) is 3.17. The minimum Gasteiger partial charge on any atom is -0.495 e. The molecule has 94 valence electrons. The fourth-order valence-electron chi connectivity index (χ4n) is 1.85. The molecule has 1 heterocycles. The molecule has 1 aromatic heterocycles. The van der Waals surface area contributed by atoms with E-state index in [1.165, 1.54) is 0 Å². The van der Waals surface area contributed by atoms with Crippen LogP contribution < -0.4 is 10.5 Å². The van der Waals surface area contributed by atoms with Crippen LogP contribution in [0.1, 0.15) is 24.9 Å². The van der Waals surface area contributed by atoms with Crippen molar-refractivity contribution in [2.75, 3.05) is 7.11 Å². The number of nitrogens with two attached hydrogens (primary N) is 1. The first-order valence-electron chi connectivity index (χ1n) is 6.09. The van der Waals surface area contributed by atoms with Crippen LogP contribution >= 0.6 is 0 Å². The molecule has 0 bridgehead atoms. The van der Waals surface area contributed by atoms with E-state index in [9.17, 15) is 0 Å². The van der Waals surface area contributed by atoms with Gasteiger partial charge in [-0.1, -0.05) is 31.2 Å². The van der Waals surface area contributed by atoms with Crippen LogP contribution in [-0.4, -0.2) is 12.1 Å². The number of pyridine rings is 1. The van der Waals surface area contributed by atoms with Crippen molar-refractivity contribution in [1.29, 1.82) is 0 Å². The second kappa shape index (κ2) is 5.65. The number of aromatic nitrogens is 1. The standard InChI is InChI=1S/C15H18N2O/c1-3-15(16)12-6-4-11(5-7-12)13-8-14(18-2)10-17-9-13/h4-10,15H,3,16H2,1-2H3. The van der Waals surface area contributed by atoms with Gasteiger partial charge in [-0.05, 0) is 23.6 Å². The van der Waals surface area contributed by atoms with Gasteiger partial charge >= 0.3 is 0 Å². The van der Waals surface area contributed by atoms with Crippen molar-refractivity contribution in [1.82, 2.24) is 4.98 Å². The highest BCUT2D eigenvalue weighted by Gasteiger charge is 2.04. The predicted molar refractivity (Wildman–Crippen MR) is 73.4 cm³/mol. The van der Waals surface area contributed by atoms with E-state index >= 15 is 0 Å². The number of methoxy groups -OCH3 is 1. The molecule has 2 N–H and O–H groups in total. The summed E-state index contributed by atoms with van der Waals surface area (Å²) in [6, 6.07) is 10.4. The molecule has 0 spiro atoms. The van der Waals surface area contributed by atoms with E-state index in [1.54, 1.807) is 13.3 Å². The van der Waals surface area contributed by atoms with Crippen molar-refractivity contribution in [3.05, 3.63) is 48.3 Å². The smallest absolute Gasteiger partial charge is 0.137 e. The average Bonchev–Trinajstić information content (AvgIpc) is 2.46. The SMILES string of the molecule is CCC(N)c1ccc(-c2cncc(OC)c2)cc1. The highest BCUT2D eigenvalue weighted by Crippen LogP contribution is 2.24. The Balaban J connectivity index is 2.28. The first-order valence-corrected chi connectivity index (χ1v) is 6.09. The van der Waals surface area contributed by atoms with E-state index in [4.69, 9.17) is 10.5 Å². The normalized spacial score (nSPS) is 12.2. The van der Waals surface area contributed by atoms with Gasteiger partial charge in [0.25, 0.3) is 0 Å². The minimum absolute atomic E-state index is 0.113. The second-order valence-electron chi connectivity index (χ2n) is 4.25. The van der Waals surface area contributed by atoms with E-state index < -0.39 is 0 Å². The third kappa shape index (κ3) is 2.68. The maximum absolute atomic E-state index is 6.00. The summed E-state index contributed by atoms with van der Waals surface area (Å²) in [6.07, 6.45) is 4.47. The zero-order valence-corrected chi connectivity index (χ0v) is 10.8. The number of hydrogen-bond acceptors (Lipinski definition) is 3. The van der Waals surface area contributed by atoms with Crippen LogP contribution in [0.3, 0.4) is 0 Å². The Bertz CT molecular complexity index is 508. The average molecular weight is 242 g/mol. The summed E-state index contributed by atoms with van der Waals surface area (Å²) < 4.78 is 5.17. The highest BCUT2D eigenvalue weighted by atomic mass is 16.5. The van der Waals surface area contributed by atoms with Crippen molar-refractivity contribution in [3.63, 3.8) is 0 Å². The number of rotatable bonds is 4. The number of ether oxygens (including phenoxy) is 1. The van der Waals surface area contributed by atoms with E-state index in [1.807, 2.05) is 12.3 Å². The molecule has 0 saturated carbocycles. The van der Waals surface area contributed by atoms with Crippen LogP contribution in [0.5, 0.6) is 5.75 Å². The van der Waals surface area contributed by atoms with Crippen molar-refractivity contribution < 1.29 is 4.74 Å². The molecule has 0 saturated heterocycles. The van der Waals surface area contributed by atoms with Crippen molar-refractivity contribution in [3.8, 4) is 16.9 Å². The maximum atomic E-state index is 6.00. The highest BCUT2D eigenvalue weighted by molar-refractivity contribution is 5.64. The molecule has 0 amide bonds. The first-order chi connectivity index (χ1) is 8.74. The quantitative estimate of drug-likeness (QED) is 0.895. The van der Waals surface area contributed by atoms with Crippen LogP contribution in [0.4, 0.5) is 0 Å². The van der Waals surface area contributed by atoms with Gasteiger partial charge in [0.05, 0.1) is 13.3 Å². The summed E-state index contributed by atoms with van der Waals surface area (Å²) in [6.45, 7) is 2.09. The fraction of sp³-hybridized carbons (Fsp3) is 0.267. The van der Waals surface area contributed by atoms with Crippen LogP contribution in [0.15, 0.2) is 42.7 Å². The molecule has 18 heavy (non-hydrogen) atoms. The molecule has 2 rings (SSSR count). The minimum atomic E-state index is 0.113. The summed E-state index contributed by atoms with van der Waals surface area (Å²) in [4.78, 5) is 4.16. The van der Waals surface area contributed by atoms with Gasteiger partial charge in [-0.15, -0.1) is 0 Å². The fourth-order valence-corrected chi connectivity index (χ4v) is 1.85. The van der Waals surface area contributed by atoms with Crippen LogP contribution in [0.2, 0.25) is 0 Å². The van der Waals surface area contributed by atoms with Gasteiger partial charge in [0, 0.05) is 17.8 Å². The van der Waals surface area contributed by atoms with Crippen LogP contribution in [0, 0.1) is 0 Å². The Labute approximate surface area is 108 Å². The van der Waals surface area contributed by atoms with Crippen LogP contribution in [-0.2, 0) is 0 Å². The molecule has 1 unspecified atom stereocenters. The third-order valence-electron chi connectivity index (χ3n) is 3.06. The molecule has 0 aliphatic rings. The second-order valence-corrected chi connectivity index (χ2v) is 4.25. The molecule has 2 aromatic rings. The number of benzene rings is 1. The molecule has 0 aliphatic heterocycles. The lowest BCUT2D eigenvalue weighted by Crippen LogP contribution is -2.08. The van der Waals surface area contributed by atoms with Gasteiger partial charge in [-0.3, -0.25) is 4.98 Å². The zero-order chi connectivity index (χ0) is 13.0. The lowest BCUT2D eigenvalue weighted by molar-refractivity contribution is 0.413. The van der Waals surface area contributed by atoms with Crippen molar-refractivity contribution >= 4 is 0 Å². The van der Waals surface area contributed by atoms with E-state index in [0.29, 0.717) is 0 Å². The Morgan fingerprint density at radius 1 is 1.17 bits per heavy atom. The molecule has 0 fully saturated rings.